The van der Waals surface area contributed by atoms with Crippen molar-refractivity contribution in [3.8, 4) is 11.5 Å². The number of nitrogens with one attached hydrogen (secondary N) is 1. The molecule has 0 amide bonds. The standard InChI is InChI=1S/C15H15N3O4/c1-21-9-2-3-13-10(6-9)11(4-5-22-13)18-14-8-16-12(7-17-14)15(19)20/h2-3,6-8,11H,4-5H2,1H3,(H,17,18)(H,19,20)/t11-/m0/s1. The lowest BCUT2D eigenvalue weighted by Gasteiger charge is -2.27. The van der Waals surface area contributed by atoms with Crippen molar-refractivity contribution in [1.29, 1.82) is 0 Å². The number of anilines is 1. The molecule has 0 unspecified atom stereocenters. The second kappa shape index (κ2) is 5.88. The number of hydrogen-bond acceptors (Lipinski definition) is 6. The van der Waals surface area contributed by atoms with Gasteiger partial charge in [-0.25, -0.2) is 14.8 Å². The Balaban J connectivity index is 1.83. The molecule has 0 saturated heterocycles. The zero-order valence-corrected chi connectivity index (χ0v) is 11.9. The molecule has 7 nitrogen and oxygen atoms in total. The molecule has 3 rings (SSSR count). The van der Waals surface area contributed by atoms with E-state index in [-0.39, 0.29) is 11.7 Å². The van der Waals surface area contributed by atoms with Crippen molar-refractivity contribution < 1.29 is 19.4 Å². The molecule has 7 heteroatoms. The predicted molar refractivity (Wildman–Crippen MR) is 78.5 cm³/mol. The van der Waals surface area contributed by atoms with Gasteiger partial charge in [0.05, 0.1) is 32.2 Å². The Morgan fingerprint density at radius 2 is 2.27 bits per heavy atom. The molecule has 1 aliphatic rings. The summed E-state index contributed by atoms with van der Waals surface area (Å²) >= 11 is 0. The van der Waals surface area contributed by atoms with Crippen molar-refractivity contribution in [2.24, 2.45) is 0 Å². The van der Waals surface area contributed by atoms with E-state index in [1.165, 1.54) is 12.4 Å². The molecule has 1 aliphatic heterocycles. The lowest BCUT2D eigenvalue weighted by Crippen LogP contribution is -2.21. The Hall–Kier alpha value is -2.83. The number of carboxylic acid groups (broad SMARTS) is 1. The quantitative estimate of drug-likeness (QED) is 0.893. The van der Waals surface area contributed by atoms with Crippen molar-refractivity contribution >= 4 is 11.8 Å². The molecule has 22 heavy (non-hydrogen) atoms. The number of benzene rings is 1. The van der Waals surface area contributed by atoms with Crippen LogP contribution in [0.3, 0.4) is 0 Å². The fourth-order valence-electron chi connectivity index (χ4n) is 2.34. The topological polar surface area (TPSA) is 93.6 Å². The number of carboxylic acids is 1. The number of hydrogen-bond donors (Lipinski definition) is 2. The summed E-state index contributed by atoms with van der Waals surface area (Å²) in [5.41, 5.74) is 0.898. The number of aromatic nitrogens is 2. The fraction of sp³-hybridized carbons (Fsp3) is 0.267. The van der Waals surface area contributed by atoms with Gasteiger partial charge in [0.1, 0.15) is 17.3 Å². The van der Waals surface area contributed by atoms with Crippen molar-refractivity contribution in [1.82, 2.24) is 9.97 Å². The molecule has 2 N–H and O–H groups in total. The molecule has 0 radical (unpaired) electrons. The van der Waals surface area contributed by atoms with Crippen molar-refractivity contribution in [2.75, 3.05) is 19.0 Å². The minimum absolute atomic E-state index is 0.00354. The highest BCUT2D eigenvalue weighted by molar-refractivity contribution is 5.84. The number of nitrogens with zero attached hydrogens (tertiary/aromatic N) is 2. The lowest BCUT2D eigenvalue weighted by atomic mass is 10.0. The van der Waals surface area contributed by atoms with Crippen LogP contribution >= 0.6 is 0 Å². The average Bonchev–Trinajstić information content (AvgIpc) is 2.55. The highest BCUT2D eigenvalue weighted by Gasteiger charge is 2.22. The van der Waals surface area contributed by atoms with Gasteiger partial charge in [0, 0.05) is 12.0 Å². The first-order chi connectivity index (χ1) is 10.7. The van der Waals surface area contributed by atoms with Crippen molar-refractivity contribution in [3.05, 3.63) is 41.9 Å². The first-order valence-corrected chi connectivity index (χ1v) is 6.80. The van der Waals surface area contributed by atoms with Gasteiger partial charge in [-0.3, -0.25) is 0 Å². The van der Waals surface area contributed by atoms with Gasteiger partial charge in [0.15, 0.2) is 5.69 Å². The van der Waals surface area contributed by atoms with E-state index in [0.717, 1.165) is 23.5 Å². The summed E-state index contributed by atoms with van der Waals surface area (Å²) in [5, 5.41) is 12.1. The summed E-state index contributed by atoms with van der Waals surface area (Å²) in [4.78, 5) is 18.7. The van der Waals surface area contributed by atoms with E-state index in [1.54, 1.807) is 7.11 Å². The molecule has 1 atom stereocenters. The molecule has 2 aromatic rings. The third kappa shape index (κ3) is 2.78. The molecule has 0 saturated carbocycles. The Labute approximate surface area is 126 Å². The lowest BCUT2D eigenvalue weighted by molar-refractivity contribution is 0.0690. The molecule has 1 aromatic heterocycles. The molecule has 0 aliphatic carbocycles. The van der Waals surface area contributed by atoms with E-state index < -0.39 is 5.97 Å². The summed E-state index contributed by atoms with van der Waals surface area (Å²) in [6.07, 6.45) is 3.41. The van der Waals surface area contributed by atoms with Gasteiger partial charge in [-0.15, -0.1) is 0 Å². The molecule has 114 valence electrons. The van der Waals surface area contributed by atoms with Crippen LogP contribution in [0.2, 0.25) is 0 Å². The van der Waals surface area contributed by atoms with E-state index in [2.05, 4.69) is 15.3 Å². The summed E-state index contributed by atoms with van der Waals surface area (Å²) < 4.78 is 10.9. The van der Waals surface area contributed by atoms with Gasteiger partial charge in [0.2, 0.25) is 0 Å². The van der Waals surface area contributed by atoms with E-state index >= 15 is 0 Å². The first kappa shape index (κ1) is 14.1. The van der Waals surface area contributed by atoms with Crippen molar-refractivity contribution in [3.63, 3.8) is 0 Å². The maximum absolute atomic E-state index is 10.8. The minimum atomic E-state index is -1.10. The third-order valence-corrected chi connectivity index (χ3v) is 3.45. The first-order valence-electron chi connectivity index (χ1n) is 6.80. The Morgan fingerprint density at radius 1 is 1.41 bits per heavy atom. The molecule has 0 spiro atoms. The summed E-state index contributed by atoms with van der Waals surface area (Å²) in [7, 11) is 1.62. The van der Waals surface area contributed by atoms with E-state index in [4.69, 9.17) is 14.6 Å². The second-order valence-electron chi connectivity index (χ2n) is 4.83. The van der Waals surface area contributed by atoms with Crippen LogP contribution in [0.25, 0.3) is 0 Å². The van der Waals surface area contributed by atoms with E-state index in [1.807, 2.05) is 18.2 Å². The smallest absolute Gasteiger partial charge is 0.356 e. The Kier molecular flexibility index (Phi) is 3.78. The molecular formula is C15H15N3O4. The fourth-order valence-corrected chi connectivity index (χ4v) is 2.34. The molecular weight excluding hydrogens is 286 g/mol. The van der Waals surface area contributed by atoms with Crippen LogP contribution in [-0.2, 0) is 0 Å². The van der Waals surface area contributed by atoms with Crippen LogP contribution in [0.5, 0.6) is 11.5 Å². The molecule has 1 aromatic carbocycles. The Morgan fingerprint density at radius 3 is 2.95 bits per heavy atom. The zero-order chi connectivity index (χ0) is 15.5. The van der Waals surface area contributed by atoms with Gasteiger partial charge in [-0.2, -0.15) is 0 Å². The van der Waals surface area contributed by atoms with E-state index in [9.17, 15) is 4.79 Å². The van der Waals surface area contributed by atoms with Gasteiger partial charge in [0.25, 0.3) is 0 Å². The van der Waals surface area contributed by atoms with Crippen LogP contribution in [0, 0.1) is 0 Å². The summed E-state index contributed by atoms with van der Waals surface area (Å²) in [5.74, 6) is 0.980. The summed E-state index contributed by atoms with van der Waals surface area (Å²) in [6, 6.07) is 5.65. The van der Waals surface area contributed by atoms with Crippen LogP contribution in [0.15, 0.2) is 30.6 Å². The number of carbonyl (C=O) groups is 1. The van der Waals surface area contributed by atoms with Gasteiger partial charge < -0.3 is 19.9 Å². The SMILES string of the molecule is COc1ccc2c(c1)[C@@H](Nc1cnc(C(=O)O)cn1)CCO2. The minimum Gasteiger partial charge on any atom is -0.497 e. The van der Waals surface area contributed by atoms with Gasteiger partial charge in [-0.1, -0.05) is 0 Å². The predicted octanol–water partition coefficient (Wildman–Crippen LogP) is 2.12. The van der Waals surface area contributed by atoms with Crippen LogP contribution < -0.4 is 14.8 Å². The monoisotopic (exact) mass is 301 g/mol. The Bertz CT molecular complexity index is 688. The number of rotatable bonds is 4. The second-order valence-corrected chi connectivity index (χ2v) is 4.83. The molecule has 0 fully saturated rings. The molecule has 2 heterocycles. The molecule has 0 bridgehead atoms. The number of methoxy groups -OCH3 is 1. The van der Waals surface area contributed by atoms with Gasteiger partial charge >= 0.3 is 5.97 Å². The summed E-state index contributed by atoms with van der Waals surface area (Å²) in [6.45, 7) is 0.595. The van der Waals surface area contributed by atoms with E-state index in [0.29, 0.717) is 12.4 Å². The normalized spacial score (nSPS) is 16.3. The van der Waals surface area contributed by atoms with Crippen LogP contribution in [0.1, 0.15) is 28.5 Å². The highest BCUT2D eigenvalue weighted by atomic mass is 16.5. The number of ether oxygens (including phenoxy) is 2. The number of fused-ring (bicyclic) bond motifs is 1. The maximum atomic E-state index is 10.8. The maximum Gasteiger partial charge on any atom is 0.356 e. The largest absolute Gasteiger partial charge is 0.497 e. The third-order valence-electron chi connectivity index (χ3n) is 3.45. The highest BCUT2D eigenvalue weighted by Crippen LogP contribution is 2.36. The zero-order valence-electron chi connectivity index (χ0n) is 11.9. The number of aromatic carboxylic acids is 1. The van der Waals surface area contributed by atoms with Crippen molar-refractivity contribution in [2.45, 2.75) is 12.5 Å². The average molecular weight is 301 g/mol. The van der Waals surface area contributed by atoms with Gasteiger partial charge in [-0.05, 0) is 18.2 Å². The van der Waals surface area contributed by atoms with Crippen LogP contribution in [0.4, 0.5) is 5.82 Å². The van der Waals surface area contributed by atoms with Crippen LogP contribution in [-0.4, -0.2) is 34.8 Å².